The van der Waals surface area contributed by atoms with Gasteiger partial charge in [0.05, 0.1) is 15.6 Å². The SMILES string of the molecule is O=C(C(c1ccccc1)c1ccccc1)N1CCC(Oc2nc3c(Cl)cccc3s2)CC1. The molecule has 0 saturated carbocycles. The Labute approximate surface area is 196 Å². The number of fused-ring (bicyclic) bond motifs is 1. The van der Waals surface area contributed by atoms with Crippen LogP contribution < -0.4 is 4.74 Å². The van der Waals surface area contributed by atoms with Crippen LogP contribution in [0.2, 0.25) is 5.02 Å². The first kappa shape index (κ1) is 21.0. The summed E-state index contributed by atoms with van der Waals surface area (Å²) in [7, 11) is 0. The molecule has 0 N–H and O–H groups in total. The minimum absolute atomic E-state index is 0.0466. The number of hydrogen-bond donors (Lipinski definition) is 0. The number of likely N-dealkylation sites (tertiary alicyclic amines) is 1. The zero-order valence-corrected chi connectivity index (χ0v) is 19.1. The van der Waals surface area contributed by atoms with Gasteiger partial charge in [-0.25, -0.2) is 4.98 Å². The van der Waals surface area contributed by atoms with Gasteiger partial charge < -0.3 is 9.64 Å². The van der Waals surface area contributed by atoms with Gasteiger partial charge in [0.2, 0.25) is 5.91 Å². The molecule has 0 bridgehead atoms. The van der Waals surface area contributed by atoms with Crippen molar-refractivity contribution in [2.75, 3.05) is 13.1 Å². The van der Waals surface area contributed by atoms with E-state index in [1.165, 1.54) is 11.3 Å². The van der Waals surface area contributed by atoms with Crippen LogP contribution in [-0.2, 0) is 4.79 Å². The number of para-hydroxylation sites is 1. The lowest BCUT2D eigenvalue weighted by molar-refractivity contribution is -0.133. The smallest absolute Gasteiger partial charge is 0.274 e. The van der Waals surface area contributed by atoms with Gasteiger partial charge in [0.15, 0.2) is 0 Å². The lowest BCUT2D eigenvalue weighted by Crippen LogP contribution is -2.44. The van der Waals surface area contributed by atoms with Gasteiger partial charge in [-0.05, 0) is 23.3 Å². The molecule has 1 amide bonds. The number of amides is 1. The third kappa shape index (κ3) is 4.36. The Kier molecular flexibility index (Phi) is 6.10. The van der Waals surface area contributed by atoms with Crippen molar-refractivity contribution in [1.29, 1.82) is 0 Å². The molecule has 0 aliphatic carbocycles. The molecule has 5 rings (SSSR count). The molecule has 0 radical (unpaired) electrons. The molecule has 4 nitrogen and oxygen atoms in total. The molecule has 32 heavy (non-hydrogen) atoms. The number of halogens is 1. The van der Waals surface area contributed by atoms with E-state index in [1.54, 1.807) is 0 Å². The average molecular weight is 463 g/mol. The molecule has 162 valence electrons. The number of carbonyl (C=O) groups excluding carboxylic acids is 1. The molecule has 1 aliphatic rings. The summed E-state index contributed by atoms with van der Waals surface area (Å²) in [5, 5.41) is 1.28. The fraction of sp³-hybridized carbons (Fsp3) is 0.231. The van der Waals surface area contributed by atoms with Crippen LogP contribution in [0.1, 0.15) is 29.9 Å². The topological polar surface area (TPSA) is 42.4 Å². The number of nitrogens with zero attached hydrogens (tertiary/aromatic N) is 2. The lowest BCUT2D eigenvalue weighted by atomic mass is 9.89. The first-order valence-electron chi connectivity index (χ1n) is 10.8. The number of ether oxygens (including phenoxy) is 1. The van der Waals surface area contributed by atoms with Gasteiger partial charge in [0.1, 0.15) is 11.6 Å². The van der Waals surface area contributed by atoms with E-state index in [9.17, 15) is 4.79 Å². The first-order valence-corrected chi connectivity index (χ1v) is 12.0. The predicted molar refractivity (Wildman–Crippen MR) is 130 cm³/mol. The van der Waals surface area contributed by atoms with Crippen molar-refractivity contribution in [3.8, 4) is 5.19 Å². The van der Waals surface area contributed by atoms with Crippen molar-refractivity contribution in [1.82, 2.24) is 9.88 Å². The van der Waals surface area contributed by atoms with Crippen molar-refractivity contribution in [3.05, 3.63) is 95.0 Å². The number of aromatic nitrogens is 1. The molecular weight excluding hydrogens is 440 g/mol. The summed E-state index contributed by atoms with van der Waals surface area (Å²) in [6.07, 6.45) is 1.61. The molecule has 1 saturated heterocycles. The number of rotatable bonds is 5. The maximum absolute atomic E-state index is 13.6. The monoisotopic (exact) mass is 462 g/mol. The van der Waals surface area contributed by atoms with Crippen molar-refractivity contribution >= 4 is 39.1 Å². The van der Waals surface area contributed by atoms with E-state index in [0.29, 0.717) is 23.3 Å². The second-order valence-electron chi connectivity index (χ2n) is 7.96. The maximum Gasteiger partial charge on any atom is 0.274 e. The van der Waals surface area contributed by atoms with Gasteiger partial charge in [-0.2, -0.15) is 0 Å². The van der Waals surface area contributed by atoms with Crippen molar-refractivity contribution in [2.24, 2.45) is 0 Å². The molecule has 0 spiro atoms. The van der Waals surface area contributed by atoms with E-state index >= 15 is 0 Å². The fourth-order valence-electron chi connectivity index (χ4n) is 4.23. The van der Waals surface area contributed by atoms with Crippen LogP contribution in [0.5, 0.6) is 5.19 Å². The van der Waals surface area contributed by atoms with Gasteiger partial charge in [-0.15, -0.1) is 0 Å². The highest BCUT2D eigenvalue weighted by Gasteiger charge is 2.31. The summed E-state index contributed by atoms with van der Waals surface area (Å²) in [5.74, 6) is -0.145. The van der Waals surface area contributed by atoms with Crippen LogP contribution in [0.3, 0.4) is 0 Å². The molecule has 1 aliphatic heterocycles. The van der Waals surface area contributed by atoms with E-state index < -0.39 is 0 Å². The van der Waals surface area contributed by atoms with Gasteiger partial charge in [-0.1, -0.05) is 89.7 Å². The van der Waals surface area contributed by atoms with E-state index in [-0.39, 0.29) is 17.9 Å². The van der Waals surface area contributed by atoms with Crippen molar-refractivity contribution in [2.45, 2.75) is 24.9 Å². The molecular formula is C26H23ClN2O2S. The summed E-state index contributed by atoms with van der Waals surface area (Å²) in [6, 6.07) is 25.8. The third-order valence-corrected chi connectivity index (χ3v) is 7.10. The zero-order chi connectivity index (χ0) is 21.9. The number of carbonyl (C=O) groups is 1. The molecule has 4 aromatic rings. The van der Waals surface area contributed by atoms with Crippen LogP contribution in [0.15, 0.2) is 78.9 Å². The fourth-order valence-corrected chi connectivity index (χ4v) is 5.41. The van der Waals surface area contributed by atoms with Crippen LogP contribution >= 0.6 is 22.9 Å². The largest absolute Gasteiger partial charge is 0.467 e. The third-order valence-electron chi connectivity index (χ3n) is 5.88. The highest BCUT2D eigenvalue weighted by atomic mass is 35.5. The first-order chi connectivity index (χ1) is 15.7. The number of thiazole rings is 1. The molecule has 2 heterocycles. The predicted octanol–water partition coefficient (Wildman–Crippen LogP) is 6.15. The Bertz CT molecular complexity index is 1160. The van der Waals surface area contributed by atoms with E-state index in [4.69, 9.17) is 16.3 Å². The van der Waals surface area contributed by atoms with Crippen molar-refractivity contribution < 1.29 is 9.53 Å². The molecule has 0 unspecified atom stereocenters. The minimum Gasteiger partial charge on any atom is -0.467 e. The summed E-state index contributed by atoms with van der Waals surface area (Å²) in [6.45, 7) is 1.34. The summed E-state index contributed by atoms with van der Waals surface area (Å²) in [5.41, 5.74) is 2.83. The van der Waals surface area contributed by atoms with Crippen LogP contribution in [0, 0.1) is 0 Å². The Balaban J connectivity index is 1.28. The summed E-state index contributed by atoms with van der Waals surface area (Å²) in [4.78, 5) is 20.1. The van der Waals surface area contributed by atoms with Gasteiger partial charge in [0, 0.05) is 25.9 Å². The van der Waals surface area contributed by atoms with E-state index in [1.807, 2.05) is 83.8 Å². The Morgan fingerprint density at radius 2 is 1.56 bits per heavy atom. The Morgan fingerprint density at radius 1 is 0.938 bits per heavy atom. The maximum atomic E-state index is 13.6. The molecule has 1 aromatic heterocycles. The minimum atomic E-state index is -0.290. The summed E-state index contributed by atoms with van der Waals surface area (Å²) < 4.78 is 7.19. The van der Waals surface area contributed by atoms with Crippen LogP contribution in [0.4, 0.5) is 0 Å². The average Bonchev–Trinajstić information content (AvgIpc) is 3.25. The molecule has 0 atom stereocenters. The van der Waals surface area contributed by atoms with Gasteiger partial charge >= 0.3 is 0 Å². The van der Waals surface area contributed by atoms with Crippen LogP contribution in [-0.4, -0.2) is 35.0 Å². The Morgan fingerprint density at radius 3 is 2.16 bits per heavy atom. The van der Waals surface area contributed by atoms with Crippen molar-refractivity contribution in [3.63, 3.8) is 0 Å². The van der Waals surface area contributed by atoms with Crippen LogP contribution in [0.25, 0.3) is 10.2 Å². The highest BCUT2D eigenvalue weighted by molar-refractivity contribution is 7.20. The molecule has 3 aromatic carbocycles. The number of hydrogen-bond acceptors (Lipinski definition) is 4. The lowest BCUT2D eigenvalue weighted by Gasteiger charge is -2.34. The number of benzene rings is 3. The molecule has 1 fully saturated rings. The second kappa shape index (κ2) is 9.31. The Hall–Kier alpha value is -2.89. The van der Waals surface area contributed by atoms with Gasteiger partial charge in [-0.3, -0.25) is 4.79 Å². The molecule has 6 heteroatoms. The standard InChI is InChI=1S/C26H23ClN2O2S/c27-21-12-7-13-22-24(21)28-26(32-22)31-20-14-16-29(17-15-20)25(30)23(18-8-3-1-4-9-18)19-10-5-2-6-11-19/h1-13,20,23H,14-17H2. The quantitative estimate of drug-likeness (QED) is 0.357. The normalized spacial score (nSPS) is 14.8. The van der Waals surface area contributed by atoms with Gasteiger partial charge in [0.25, 0.3) is 5.19 Å². The van der Waals surface area contributed by atoms with E-state index in [0.717, 1.165) is 34.2 Å². The second-order valence-corrected chi connectivity index (χ2v) is 9.36. The zero-order valence-electron chi connectivity index (χ0n) is 17.5. The highest BCUT2D eigenvalue weighted by Crippen LogP contribution is 2.34. The summed E-state index contributed by atoms with van der Waals surface area (Å²) >= 11 is 7.76. The van der Waals surface area contributed by atoms with E-state index in [2.05, 4.69) is 4.98 Å². The number of piperidine rings is 1.